The molecular formula is C21H22N4OS. The highest BCUT2D eigenvalue weighted by Gasteiger charge is 2.18. The molecule has 138 valence electrons. The highest BCUT2D eigenvalue weighted by molar-refractivity contribution is 7.09. The van der Waals surface area contributed by atoms with Crippen LogP contribution in [0.25, 0.3) is 0 Å². The number of thiophene rings is 1. The van der Waals surface area contributed by atoms with Gasteiger partial charge in [0, 0.05) is 43.2 Å². The van der Waals surface area contributed by atoms with Crippen LogP contribution in [-0.4, -0.2) is 42.0 Å². The molecule has 0 aliphatic carbocycles. The van der Waals surface area contributed by atoms with Crippen molar-refractivity contribution in [3.63, 3.8) is 0 Å². The fourth-order valence-electron chi connectivity index (χ4n) is 3.20. The Morgan fingerprint density at radius 1 is 1.00 bits per heavy atom. The van der Waals surface area contributed by atoms with Crippen molar-refractivity contribution in [1.82, 2.24) is 9.88 Å². The van der Waals surface area contributed by atoms with E-state index in [2.05, 4.69) is 37.6 Å². The van der Waals surface area contributed by atoms with Crippen LogP contribution in [0.5, 0.6) is 0 Å². The van der Waals surface area contributed by atoms with Crippen molar-refractivity contribution in [2.75, 3.05) is 36.4 Å². The van der Waals surface area contributed by atoms with E-state index in [1.165, 1.54) is 4.88 Å². The molecule has 0 radical (unpaired) electrons. The summed E-state index contributed by atoms with van der Waals surface area (Å²) in [7, 11) is 0. The quantitative estimate of drug-likeness (QED) is 0.735. The zero-order valence-corrected chi connectivity index (χ0v) is 15.9. The zero-order valence-electron chi connectivity index (χ0n) is 15.0. The SMILES string of the molecule is O=C(Nc1ccc(N2CCN(Cc3cccs3)CC2)nc1)c1ccccc1. The predicted molar refractivity (Wildman–Crippen MR) is 110 cm³/mol. The van der Waals surface area contributed by atoms with Crippen molar-refractivity contribution < 1.29 is 4.79 Å². The van der Waals surface area contributed by atoms with Crippen LogP contribution in [0.3, 0.4) is 0 Å². The van der Waals surface area contributed by atoms with E-state index in [1.807, 2.05) is 41.7 Å². The summed E-state index contributed by atoms with van der Waals surface area (Å²) in [4.78, 5) is 23.0. The van der Waals surface area contributed by atoms with E-state index in [0.29, 0.717) is 11.3 Å². The molecule has 0 saturated carbocycles. The molecule has 3 aromatic rings. The highest BCUT2D eigenvalue weighted by atomic mass is 32.1. The Labute approximate surface area is 163 Å². The monoisotopic (exact) mass is 378 g/mol. The second-order valence-corrected chi connectivity index (χ2v) is 7.60. The van der Waals surface area contributed by atoms with E-state index in [4.69, 9.17) is 0 Å². The summed E-state index contributed by atoms with van der Waals surface area (Å²) in [5, 5.41) is 5.03. The van der Waals surface area contributed by atoms with Gasteiger partial charge in [-0.2, -0.15) is 0 Å². The lowest BCUT2D eigenvalue weighted by atomic mass is 10.2. The van der Waals surface area contributed by atoms with Gasteiger partial charge < -0.3 is 10.2 Å². The molecule has 1 N–H and O–H groups in total. The van der Waals surface area contributed by atoms with Crippen LogP contribution < -0.4 is 10.2 Å². The van der Waals surface area contributed by atoms with Gasteiger partial charge in [0.05, 0.1) is 11.9 Å². The molecule has 3 heterocycles. The zero-order chi connectivity index (χ0) is 18.5. The lowest BCUT2D eigenvalue weighted by molar-refractivity contribution is 0.102. The molecule has 0 atom stereocenters. The highest BCUT2D eigenvalue weighted by Crippen LogP contribution is 2.19. The average Bonchev–Trinajstić information content (AvgIpc) is 3.23. The number of benzene rings is 1. The number of pyridine rings is 1. The molecule has 1 aliphatic heterocycles. The summed E-state index contributed by atoms with van der Waals surface area (Å²) in [6.07, 6.45) is 1.73. The van der Waals surface area contributed by atoms with Gasteiger partial charge in [-0.05, 0) is 35.7 Å². The first kappa shape index (κ1) is 17.7. The number of piperazine rings is 1. The Morgan fingerprint density at radius 2 is 1.81 bits per heavy atom. The van der Waals surface area contributed by atoms with Gasteiger partial charge in [0.2, 0.25) is 0 Å². The third kappa shape index (κ3) is 4.53. The Hall–Kier alpha value is -2.70. The molecular weight excluding hydrogens is 356 g/mol. The summed E-state index contributed by atoms with van der Waals surface area (Å²) >= 11 is 1.82. The summed E-state index contributed by atoms with van der Waals surface area (Å²) in [6, 6.07) is 17.4. The number of rotatable bonds is 5. The van der Waals surface area contributed by atoms with Gasteiger partial charge in [0.15, 0.2) is 0 Å². The smallest absolute Gasteiger partial charge is 0.255 e. The van der Waals surface area contributed by atoms with Crippen LogP contribution in [-0.2, 0) is 6.54 Å². The third-order valence-corrected chi connectivity index (χ3v) is 5.56. The van der Waals surface area contributed by atoms with E-state index < -0.39 is 0 Å². The standard InChI is InChI=1S/C21H22N4OS/c26-21(17-5-2-1-3-6-17)23-18-8-9-20(22-15-18)25-12-10-24(11-13-25)16-19-7-4-14-27-19/h1-9,14-15H,10-13,16H2,(H,23,26). The average molecular weight is 379 g/mol. The largest absolute Gasteiger partial charge is 0.354 e. The number of anilines is 2. The number of carbonyl (C=O) groups is 1. The van der Waals surface area contributed by atoms with Crippen LogP contribution in [0.15, 0.2) is 66.2 Å². The van der Waals surface area contributed by atoms with Gasteiger partial charge in [-0.1, -0.05) is 24.3 Å². The lowest BCUT2D eigenvalue weighted by Gasteiger charge is -2.35. The normalized spacial score (nSPS) is 14.9. The summed E-state index contributed by atoms with van der Waals surface area (Å²) in [5.74, 6) is 0.843. The molecule has 5 nitrogen and oxygen atoms in total. The Morgan fingerprint density at radius 3 is 2.48 bits per heavy atom. The van der Waals surface area contributed by atoms with Gasteiger partial charge in [-0.15, -0.1) is 11.3 Å². The lowest BCUT2D eigenvalue weighted by Crippen LogP contribution is -2.46. The second-order valence-electron chi connectivity index (χ2n) is 6.57. The number of amides is 1. The predicted octanol–water partition coefficient (Wildman–Crippen LogP) is 3.72. The maximum absolute atomic E-state index is 12.2. The van der Waals surface area contributed by atoms with Crippen LogP contribution >= 0.6 is 11.3 Å². The van der Waals surface area contributed by atoms with Gasteiger partial charge in [-0.3, -0.25) is 9.69 Å². The number of hydrogen-bond donors (Lipinski definition) is 1. The van der Waals surface area contributed by atoms with E-state index in [-0.39, 0.29) is 5.91 Å². The number of aromatic nitrogens is 1. The molecule has 1 fully saturated rings. The maximum atomic E-state index is 12.2. The maximum Gasteiger partial charge on any atom is 0.255 e. The van der Waals surface area contributed by atoms with Crippen molar-refractivity contribution in [3.05, 3.63) is 76.6 Å². The summed E-state index contributed by atoms with van der Waals surface area (Å²) < 4.78 is 0. The van der Waals surface area contributed by atoms with Crippen molar-refractivity contribution in [1.29, 1.82) is 0 Å². The molecule has 4 rings (SSSR count). The number of nitrogens with zero attached hydrogens (tertiary/aromatic N) is 3. The molecule has 1 amide bonds. The van der Waals surface area contributed by atoms with Gasteiger partial charge >= 0.3 is 0 Å². The van der Waals surface area contributed by atoms with Crippen molar-refractivity contribution in [3.8, 4) is 0 Å². The van der Waals surface area contributed by atoms with Crippen LogP contribution in [0.4, 0.5) is 11.5 Å². The molecule has 1 saturated heterocycles. The van der Waals surface area contributed by atoms with Crippen molar-refractivity contribution in [2.45, 2.75) is 6.54 Å². The molecule has 6 heteroatoms. The summed E-state index contributed by atoms with van der Waals surface area (Å²) in [5.41, 5.74) is 1.35. The van der Waals surface area contributed by atoms with Gasteiger partial charge in [0.25, 0.3) is 5.91 Å². The van der Waals surface area contributed by atoms with Gasteiger partial charge in [0.1, 0.15) is 5.82 Å². The third-order valence-electron chi connectivity index (χ3n) is 4.70. The van der Waals surface area contributed by atoms with E-state index in [9.17, 15) is 4.79 Å². The minimum atomic E-state index is -0.118. The van der Waals surface area contributed by atoms with Crippen molar-refractivity contribution >= 4 is 28.7 Å². The minimum absolute atomic E-state index is 0.118. The first-order chi connectivity index (χ1) is 13.3. The molecule has 1 aromatic carbocycles. The number of carbonyl (C=O) groups excluding carboxylic acids is 1. The number of nitrogens with one attached hydrogen (secondary N) is 1. The first-order valence-corrected chi connectivity index (χ1v) is 9.98. The topological polar surface area (TPSA) is 48.5 Å². The minimum Gasteiger partial charge on any atom is -0.354 e. The molecule has 0 bridgehead atoms. The molecule has 27 heavy (non-hydrogen) atoms. The van der Waals surface area contributed by atoms with E-state index in [0.717, 1.165) is 38.5 Å². The second kappa shape index (κ2) is 8.33. The van der Waals surface area contributed by atoms with Crippen LogP contribution in [0.1, 0.15) is 15.2 Å². The van der Waals surface area contributed by atoms with Gasteiger partial charge in [-0.25, -0.2) is 4.98 Å². The molecule has 2 aromatic heterocycles. The van der Waals surface area contributed by atoms with Crippen LogP contribution in [0, 0.1) is 0 Å². The fraction of sp³-hybridized carbons (Fsp3) is 0.238. The summed E-state index contributed by atoms with van der Waals surface area (Å²) in [6.45, 7) is 5.03. The van der Waals surface area contributed by atoms with E-state index >= 15 is 0 Å². The fourth-order valence-corrected chi connectivity index (χ4v) is 3.94. The Balaban J connectivity index is 1.31. The first-order valence-electron chi connectivity index (χ1n) is 9.10. The molecule has 1 aliphatic rings. The van der Waals surface area contributed by atoms with Crippen molar-refractivity contribution in [2.24, 2.45) is 0 Å². The Bertz CT molecular complexity index is 857. The Kier molecular flexibility index (Phi) is 5.46. The number of hydrogen-bond acceptors (Lipinski definition) is 5. The van der Waals surface area contributed by atoms with E-state index in [1.54, 1.807) is 18.3 Å². The van der Waals surface area contributed by atoms with Crippen LogP contribution in [0.2, 0.25) is 0 Å². The molecule has 0 unspecified atom stereocenters. The molecule has 0 spiro atoms.